The second kappa shape index (κ2) is 14.2. The lowest BCUT2D eigenvalue weighted by Gasteiger charge is -2.34. The number of hydrogen-bond acceptors (Lipinski definition) is 3. The lowest BCUT2D eigenvalue weighted by atomic mass is 9.67. The van der Waals surface area contributed by atoms with E-state index < -0.39 is 5.41 Å². The summed E-state index contributed by atoms with van der Waals surface area (Å²) >= 11 is 0. The van der Waals surface area contributed by atoms with E-state index in [1.807, 2.05) is 60.7 Å². The fraction of sp³-hybridized carbons (Fsp3) is 0.0185. The first-order valence-corrected chi connectivity index (χ1v) is 19.2. The Labute approximate surface area is 332 Å². The van der Waals surface area contributed by atoms with Crippen molar-refractivity contribution in [3.05, 3.63) is 240 Å². The molecule has 0 radical (unpaired) electrons. The minimum Gasteiger partial charge on any atom is -0.228 e. The van der Waals surface area contributed by atoms with Crippen molar-refractivity contribution in [2.45, 2.75) is 5.41 Å². The van der Waals surface area contributed by atoms with Crippen LogP contribution in [0.5, 0.6) is 0 Å². The van der Waals surface area contributed by atoms with Crippen molar-refractivity contribution in [2.75, 3.05) is 0 Å². The molecule has 8 aromatic carbocycles. The van der Waals surface area contributed by atoms with Crippen LogP contribution < -0.4 is 0 Å². The topological polar surface area (TPSA) is 49.6 Å². The van der Waals surface area contributed by atoms with E-state index in [-0.39, 0.29) is 0 Å². The molecule has 0 bridgehead atoms. The van der Waals surface area contributed by atoms with Crippen LogP contribution >= 0.6 is 0 Å². The molecule has 0 N–H and O–H groups in total. The highest BCUT2D eigenvalue weighted by molar-refractivity contribution is 5.90. The molecule has 9 aromatic rings. The summed E-state index contributed by atoms with van der Waals surface area (Å²) in [6.45, 7) is 0. The molecule has 57 heavy (non-hydrogen) atoms. The monoisotopic (exact) mass is 725 g/mol. The summed E-state index contributed by atoms with van der Waals surface area (Å²) in [4.78, 5) is 10.1. The quantitative estimate of drug-likeness (QED) is 0.164. The van der Waals surface area contributed by atoms with Gasteiger partial charge in [-0.2, -0.15) is 5.26 Å². The Hall–Kier alpha value is -7.67. The smallest absolute Gasteiger partial charge is 0.160 e. The van der Waals surface area contributed by atoms with Gasteiger partial charge in [-0.1, -0.05) is 182 Å². The fourth-order valence-corrected chi connectivity index (χ4v) is 8.49. The lowest BCUT2D eigenvalue weighted by molar-refractivity contribution is 0.769. The van der Waals surface area contributed by atoms with Crippen LogP contribution in [0.25, 0.3) is 67.3 Å². The SMILES string of the molecule is N#Cc1ccc(-c2ccc3c(c2)C(c2ccccc2)(c2ccccc2)c2cc(-c4ccc(-c5cc(-c6ccccc6)nc(-c6ccccc6)n5)cc4)ccc2-3)cc1. The Morgan fingerprint density at radius 2 is 0.737 bits per heavy atom. The number of hydrogen-bond donors (Lipinski definition) is 0. The third-order valence-corrected chi connectivity index (χ3v) is 11.2. The van der Waals surface area contributed by atoms with E-state index in [0.717, 1.165) is 50.3 Å². The third-order valence-electron chi connectivity index (χ3n) is 11.2. The molecule has 0 aliphatic heterocycles. The van der Waals surface area contributed by atoms with Gasteiger partial charge in [0, 0.05) is 16.7 Å². The second-order valence-corrected chi connectivity index (χ2v) is 14.5. The summed E-state index contributed by atoms with van der Waals surface area (Å²) in [7, 11) is 0. The summed E-state index contributed by atoms with van der Waals surface area (Å²) < 4.78 is 0. The predicted molar refractivity (Wildman–Crippen MR) is 231 cm³/mol. The highest BCUT2D eigenvalue weighted by atomic mass is 14.9. The van der Waals surface area contributed by atoms with E-state index in [4.69, 9.17) is 9.97 Å². The maximum atomic E-state index is 9.46. The van der Waals surface area contributed by atoms with Crippen LogP contribution in [-0.4, -0.2) is 9.97 Å². The maximum Gasteiger partial charge on any atom is 0.160 e. The van der Waals surface area contributed by atoms with Gasteiger partial charge in [0.25, 0.3) is 0 Å². The zero-order chi connectivity index (χ0) is 38.2. The average molecular weight is 726 g/mol. The Balaban J connectivity index is 1.11. The molecule has 0 saturated heterocycles. The van der Waals surface area contributed by atoms with Crippen LogP contribution in [0.3, 0.4) is 0 Å². The number of rotatable bonds is 7. The van der Waals surface area contributed by atoms with Crippen molar-refractivity contribution in [3.63, 3.8) is 0 Å². The van der Waals surface area contributed by atoms with E-state index in [2.05, 4.69) is 158 Å². The number of fused-ring (bicyclic) bond motifs is 3. The van der Waals surface area contributed by atoms with Gasteiger partial charge in [-0.15, -0.1) is 0 Å². The molecule has 0 unspecified atom stereocenters. The molecule has 0 spiro atoms. The number of nitrogens with zero attached hydrogens (tertiary/aromatic N) is 3. The van der Waals surface area contributed by atoms with Crippen molar-refractivity contribution in [1.82, 2.24) is 9.97 Å². The second-order valence-electron chi connectivity index (χ2n) is 14.5. The molecule has 0 saturated carbocycles. The molecule has 1 aliphatic carbocycles. The van der Waals surface area contributed by atoms with E-state index in [1.165, 1.54) is 33.4 Å². The minimum absolute atomic E-state index is 0.561. The van der Waals surface area contributed by atoms with E-state index in [9.17, 15) is 5.26 Å². The molecule has 266 valence electrons. The van der Waals surface area contributed by atoms with Crippen molar-refractivity contribution in [2.24, 2.45) is 0 Å². The molecule has 1 aliphatic rings. The van der Waals surface area contributed by atoms with Gasteiger partial charge < -0.3 is 0 Å². The Bertz CT molecular complexity index is 2820. The van der Waals surface area contributed by atoms with Gasteiger partial charge in [-0.3, -0.25) is 0 Å². The standard InChI is InChI=1S/C54H35N3/c55-36-37-21-23-38(24-22-37)43-29-31-47-48-32-30-44(34-50(48)54(49(47)33-43,45-17-9-3-10-18-45)46-19-11-4-12-20-46)39-25-27-41(28-26-39)52-35-51(40-13-5-1-6-14-40)56-53(57-52)42-15-7-2-8-16-42/h1-35H. The summed E-state index contributed by atoms with van der Waals surface area (Å²) in [5.74, 6) is 0.703. The van der Waals surface area contributed by atoms with E-state index in [0.29, 0.717) is 11.4 Å². The van der Waals surface area contributed by atoms with Gasteiger partial charge >= 0.3 is 0 Å². The van der Waals surface area contributed by atoms with Gasteiger partial charge in [0.05, 0.1) is 28.4 Å². The van der Waals surface area contributed by atoms with Crippen molar-refractivity contribution in [3.8, 4) is 73.4 Å². The molecule has 0 atom stereocenters. The lowest BCUT2D eigenvalue weighted by Crippen LogP contribution is -2.28. The Morgan fingerprint density at radius 1 is 0.351 bits per heavy atom. The van der Waals surface area contributed by atoms with E-state index in [1.54, 1.807) is 0 Å². The summed E-state index contributed by atoms with van der Waals surface area (Å²) in [5.41, 5.74) is 16.8. The van der Waals surface area contributed by atoms with Crippen LogP contribution in [-0.2, 0) is 5.41 Å². The molecule has 0 fully saturated rings. The van der Waals surface area contributed by atoms with Gasteiger partial charge in [0.15, 0.2) is 5.82 Å². The molecule has 1 heterocycles. The molecule has 3 heteroatoms. The molecule has 0 amide bonds. The van der Waals surface area contributed by atoms with Crippen LogP contribution in [0.2, 0.25) is 0 Å². The minimum atomic E-state index is -0.561. The number of nitriles is 1. The zero-order valence-corrected chi connectivity index (χ0v) is 31.0. The fourth-order valence-electron chi connectivity index (χ4n) is 8.49. The van der Waals surface area contributed by atoms with Gasteiger partial charge in [0.1, 0.15) is 0 Å². The van der Waals surface area contributed by atoms with Gasteiger partial charge in [0.2, 0.25) is 0 Å². The van der Waals surface area contributed by atoms with Crippen molar-refractivity contribution < 1.29 is 0 Å². The summed E-state index contributed by atoms with van der Waals surface area (Å²) in [5, 5.41) is 9.46. The normalized spacial score (nSPS) is 12.3. The summed E-state index contributed by atoms with van der Waals surface area (Å²) in [6, 6.07) is 77.1. The summed E-state index contributed by atoms with van der Waals surface area (Å²) in [6.07, 6.45) is 0. The van der Waals surface area contributed by atoms with Gasteiger partial charge in [-0.05, 0) is 86.0 Å². The molecule has 10 rings (SSSR count). The van der Waals surface area contributed by atoms with Crippen molar-refractivity contribution >= 4 is 0 Å². The Morgan fingerprint density at radius 3 is 1.21 bits per heavy atom. The maximum absolute atomic E-state index is 9.46. The first-order valence-electron chi connectivity index (χ1n) is 19.2. The highest BCUT2D eigenvalue weighted by Crippen LogP contribution is 2.57. The van der Waals surface area contributed by atoms with Crippen LogP contribution in [0.1, 0.15) is 27.8 Å². The highest BCUT2D eigenvalue weighted by Gasteiger charge is 2.46. The first-order chi connectivity index (χ1) is 28.2. The molecular weight excluding hydrogens is 691 g/mol. The largest absolute Gasteiger partial charge is 0.228 e. The molecule has 1 aromatic heterocycles. The van der Waals surface area contributed by atoms with E-state index >= 15 is 0 Å². The van der Waals surface area contributed by atoms with Crippen LogP contribution in [0.15, 0.2) is 212 Å². The van der Waals surface area contributed by atoms with Crippen LogP contribution in [0.4, 0.5) is 0 Å². The van der Waals surface area contributed by atoms with Crippen LogP contribution in [0, 0.1) is 11.3 Å². The molecule has 3 nitrogen and oxygen atoms in total. The van der Waals surface area contributed by atoms with Crippen molar-refractivity contribution in [1.29, 1.82) is 5.26 Å². The van der Waals surface area contributed by atoms with Gasteiger partial charge in [-0.25, -0.2) is 9.97 Å². The molecular formula is C54H35N3. The number of benzene rings is 8. The average Bonchev–Trinajstić information content (AvgIpc) is 3.60. The zero-order valence-electron chi connectivity index (χ0n) is 31.0. The number of aromatic nitrogens is 2. The predicted octanol–water partition coefficient (Wildman–Crippen LogP) is 13.0. The first kappa shape index (κ1) is 33.9. The Kier molecular flexibility index (Phi) is 8.43. The third kappa shape index (κ3) is 5.92.